The zero-order valence-electron chi connectivity index (χ0n) is 11.4. The van der Waals surface area contributed by atoms with E-state index in [1.165, 1.54) is 0 Å². The van der Waals surface area contributed by atoms with Gasteiger partial charge in [-0.1, -0.05) is 35.1 Å². The number of aromatic carboxylic acids is 1. The molecule has 0 radical (unpaired) electrons. The number of carboxylic acids is 1. The number of nitrogens with zero attached hydrogens (tertiary/aromatic N) is 1. The maximum Gasteiger partial charge on any atom is 0.346 e. The third kappa shape index (κ3) is 3.18. The largest absolute Gasteiger partial charge is 0.480 e. The fraction of sp³-hybridized carbons (Fsp3) is 0.200. The first-order valence-electron chi connectivity index (χ1n) is 6.16. The molecule has 1 N–H and O–H groups in total. The van der Waals surface area contributed by atoms with Crippen molar-refractivity contribution in [2.45, 2.75) is 20.0 Å². The Morgan fingerprint density at radius 3 is 2.48 bits per heavy atom. The second-order valence-corrected chi connectivity index (χ2v) is 5.98. The zero-order chi connectivity index (χ0) is 15.6. The number of carbonyl (C=O) groups is 1. The molecule has 1 aromatic carbocycles. The molecule has 2 rings (SSSR count). The lowest BCUT2D eigenvalue weighted by atomic mass is 10.0. The number of nitriles is 1. The van der Waals surface area contributed by atoms with Crippen molar-refractivity contribution in [2.24, 2.45) is 0 Å². The minimum absolute atomic E-state index is 0.0875. The number of rotatable bonds is 4. The maximum absolute atomic E-state index is 11.4. The van der Waals surface area contributed by atoms with Crippen LogP contribution in [0.4, 0.5) is 0 Å². The van der Waals surface area contributed by atoms with Crippen molar-refractivity contribution < 1.29 is 14.6 Å². The number of ether oxygens (including phenoxy) is 1. The van der Waals surface area contributed by atoms with Crippen molar-refractivity contribution in [3.8, 4) is 22.3 Å². The highest BCUT2D eigenvalue weighted by atomic mass is 35.5. The van der Waals surface area contributed by atoms with E-state index in [0.717, 1.165) is 11.3 Å². The van der Waals surface area contributed by atoms with Crippen molar-refractivity contribution >= 4 is 28.9 Å². The molecule has 2 aromatic rings. The van der Waals surface area contributed by atoms with E-state index in [4.69, 9.17) is 16.3 Å². The lowest BCUT2D eigenvalue weighted by Crippen LogP contribution is -2.05. The molecule has 0 unspecified atom stereocenters. The standard InChI is InChI=1S/C15H12ClNO3S/c1-8(2)20-15-11(7-17)12(13(21-15)14(18)19)9-3-5-10(16)6-4-9/h3-6,8H,1-2H3,(H,18,19). The van der Waals surface area contributed by atoms with Gasteiger partial charge in [-0.05, 0) is 31.5 Å². The van der Waals surface area contributed by atoms with Crippen LogP contribution >= 0.6 is 22.9 Å². The summed E-state index contributed by atoms with van der Waals surface area (Å²) in [6, 6.07) is 8.74. The van der Waals surface area contributed by atoms with Crippen molar-refractivity contribution in [2.75, 3.05) is 0 Å². The van der Waals surface area contributed by atoms with Crippen LogP contribution in [0.2, 0.25) is 5.02 Å². The van der Waals surface area contributed by atoms with Crippen LogP contribution in [-0.2, 0) is 0 Å². The Labute approximate surface area is 131 Å². The average molecular weight is 322 g/mol. The molecule has 0 atom stereocenters. The molecule has 0 fully saturated rings. The van der Waals surface area contributed by atoms with Gasteiger partial charge < -0.3 is 9.84 Å². The van der Waals surface area contributed by atoms with E-state index in [0.29, 0.717) is 21.2 Å². The summed E-state index contributed by atoms with van der Waals surface area (Å²) in [7, 11) is 0. The summed E-state index contributed by atoms with van der Waals surface area (Å²) >= 11 is 6.81. The molecule has 0 amide bonds. The minimum atomic E-state index is -1.08. The third-order valence-electron chi connectivity index (χ3n) is 2.66. The molecule has 21 heavy (non-hydrogen) atoms. The fourth-order valence-corrected chi connectivity index (χ4v) is 3.06. The molecule has 1 heterocycles. The van der Waals surface area contributed by atoms with E-state index in [-0.39, 0.29) is 16.5 Å². The third-order valence-corrected chi connectivity index (χ3v) is 3.98. The molecule has 0 aliphatic heterocycles. The number of hydrogen-bond donors (Lipinski definition) is 1. The molecule has 0 saturated heterocycles. The number of thiophene rings is 1. The van der Waals surface area contributed by atoms with Gasteiger partial charge in [0.15, 0.2) is 5.06 Å². The Kier molecular flexibility index (Phi) is 4.51. The van der Waals surface area contributed by atoms with E-state index >= 15 is 0 Å². The second kappa shape index (κ2) is 6.17. The first kappa shape index (κ1) is 15.4. The fourth-order valence-electron chi connectivity index (χ4n) is 1.85. The number of benzene rings is 1. The van der Waals surface area contributed by atoms with E-state index in [2.05, 4.69) is 0 Å². The quantitative estimate of drug-likeness (QED) is 0.904. The lowest BCUT2D eigenvalue weighted by Gasteiger charge is -2.07. The topological polar surface area (TPSA) is 70.3 Å². The number of carboxylic acid groups (broad SMARTS) is 1. The highest BCUT2D eigenvalue weighted by molar-refractivity contribution is 7.16. The summed E-state index contributed by atoms with van der Waals surface area (Å²) < 4.78 is 5.56. The predicted octanol–water partition coefficient (Wildman–Crippen LogP) is 4.43. The SMILES string of the molecule is CC(C)Oc1sc(C(=O)O)c(-c2ccc(Cl)cc2)c1C#N. The van der Waals surface area contributed by atoms with Crippen molar-refractivity contribution in [1.29, 1.82) is 5.26 Å². The highest BCUT2D eigenvalue weighted by Gasteiger charge is 2.25. The molecular formula is C15H12ClNO3S. The van der Waals surface area contributed by atoms with Crippen molar-refractivity contribution in [3.63, 3.8) is 0 Å². The zero-order valence-corrected chi connectivity index (χ0v) is 13.0. The van der Waals surface area contributed by atoms with Crippen molar-refractivity contribution in [1.82, 2.24) is 0 Å². The van der Waals surface area contributed by atoms with Gasteiger partial charge in [-0.25, -0.2) is 4.79 Å². The summed E-state index contributed by atoms with van der Waals surface area (Å²) in [6.45, 7) is 3.65. The van der Waals surface area contributed by atoms with Gasteiger partial charge in [-0.15, -0.1) is 0 Å². The van der Waals surface area contributed by atoms with Crippen molar-refractivity contribution in [3.05, 3.63) is 39.7 Å². The first-order valence-corrected chi connectivity index (χ1v) is 7.36. The van der Waals surface area contributed by atoms with E-state index in [9.17, 15) is 15.2 Å². The van der Waals surface area contributed by atoms with Crippen LogP contribution in [0, 0.1) is 11.3 Å². The van der Waals surface area contributed by atoms with Gasteiger partial charge in [0.05, 0.1) is 6.10 Å². The van der Waals surface area contributed by atoms with Gasteiger partial charge in [0.1, 0.15) is 16.5 Å². The van der Waals surface area contributed by atoms with Crippen LogP contribution in [0.5, 0.6) is 5.06 Å². The molecule has 1 aromatic heterocycles. The Morgan fingerprint density at radius 2 is 2.00 bits per heavy atom. The Balaban J connectivity index is 2.67. The smallest absolute Gasteiger partial charge is 0.346 e. The first-order chi connectivity index (χ1) is 9.93. The molecule has 0 bridgehead atoms. The van der Waals surface area contributed by atoms with Crippen LogP contribution < -0.4 is 4.74 Å². The Hall–Kier alpha value is -2.03. The van der Waals surface area contributed by atoms with Gasteiger partial charge in [0.25, 0.3) is 0 Å². The molecule has 0 spiro atoms. The Bertz CT molecular complexity index is 714. The monoisotopic (exact) mass is 321 g/mol. The van der Waals surface area contributed by atoms with Crippen LogP contribution in [0.15, 0.2) is 24.3 Å². The number of halogens is 1. The van der Waals surface area contributed by atoms with Gasteiger partial charge in [-0.3, -0.25) is 0 Å². The average Bonchev–Trinajstić information content (AvgIpc) is 2.77. The van der Waals surface area contributed by atoms with Crippen LogP contribution in [0.3, 0.4) is 0 Å². The molecule has 0 aliphatic rings. The molecule has 0 aliphatic carbocycles. The molecule has 6 heteroatoms. The molecule has 4 nitrogen and oxygen atoms in total. The highest BCUT2D eigenvalue weighted by Crippen LogP contribution is 2.42. The second-order valence-electron chi connectivity index (χ2n) is 4.56. The van der Waals surface area contributed by atoms with E-state index < -0.39 is 5.97 Å². The summed E-state index contributed by atoms with van der Waals surface area (Å²) in [5.74, 6) is -1.08. The van der Waals surface area contributed by atoms with Gasteiger partial charge in [-0.2, -0.15) is 5.26 Å². The van der Waals surface area contributed by atoms with Gasteiger partial charge >= 0.3 is 5.97 Å². The van der Waals surface area contributed by atoms with Gasteiger partial charge in [0, 0.05) is 10.6 Å². The van der Waals surface area contributed by atoms with Gasteiger partial charge in [0.2, 0.25) is 0 Å². The molecule has 0 saturated carbocycles. The van der Waals surface area contributed by atoms with Crippen LogP contribution in [0.25, 0.3) is 11.1 Å². The molecular weight excluding hydrogens is 310 g/mol. The summed E-state index contributed by atoms with van der Waals surface area (Å²) in [6.07, 6.45) is -0.143. The summed E-state index contributed by atoms with van der Waals surface area (Å²) in [4.78, 5) is 11.5. The normalized spacial score (nSPS) is 10.4. The summed E-state index contributed by atoms with van der Waals surface area (Å²) in [5.41, 5.74) is 1.25. The molecule has 108 valence electrons. The maximum atomic E-state index is 11.4. The van der Waals surface area contributed by atoms with Crippen LogP contribution in [0.1, 0.15) is 29.1 Å². The number of hydrogen-bond acceptors (Lipinski definition) is 4. The van der Waals surface area contributed by atoms with E-state index in [1.807, 2.05) is 19.9 Å². The predicted molar refractivity (Wildman–Crippen MR) is 82.2 cm³/mol. The van der Waals surface area contributed by atoms with Crippen LogP contribution in [-0.4, -0.2) is 17.2 Å². The summed E-state index contributed by atoms with van der Waals surface area (Å²) in [5, 5.41) is 19.6. The lowest BCUT2D eigenvalue weighted by molar-refractivity contribution is 0.0703. The minimum Gasteiger partial charge on any atom is -0.480 e. The Morgan fingerprint density at radius 1 is 1.38 bits per heavy atom. The van der Waals surface area contributed by atoms with E-state index in [1.54, 1.807) is 24.3 Å².